The van der Waals surface area contributed by atoms with Crippen molar-refractivity contribution in [1.82, 2.24) is 9.78 Å². The summed E-state index contributed by atoms with van der Waals surface area (Å²) in [6.07, 6.45) is 1.18. The lowest BCUT2D eigenvalue weighted by Gasteiger charge is -2.09. The summed E-state index contributed by atoms with van der Waals surface area (Å²) in [7, 11) is -4.53. The van der Waals surface area contributed by atoms with Gasteiger partial charge in [0.1, 0.15) is 15.1 Å². The minimum atomic E-state index is -4.53. The molecule has 0 bridgehead atoms. The van der Waals surface area contributed by atoms with E-state index < -0.39 is 20.6 Å². The second kappa shape index (κ2) is 4.93. The van der Waals surface area contributed by atoms with Crippen molar-refractivity contribution in [3.63, 3.8) is 0 Å². The number of hydrogen-bond donors (Lipinski definition) is 0. The zero-order chi connectivity index (χ0) is 14.2. The van der Waals surface area contributed by atoms with Crippen LogP contribution >= 0.6 is 23.2 Å². The van der Waals surface area contributed by atoms with E-state index in [1.807, 2.05) is 0 Å². The van der Waals surface area contributed by atoms with Crippen LogP contribution in [0.15, 0.2) is 40.2 Å². The lowest BCUT2D eigenvalue weighted by Crippen LogP contribution is -2.21. The summed E-state index contributed by atoms with van der Waals surface area (Å²) in [5.41, 5.74) is -0.386. The number of halogens is 2. The van der Waals surface area contributed by atoms with Gasteiger partial charge in [-0.3, -0.25) is 4.79 Å². The van der Waals surface area contributed by atoms with Gasteiger partial charge in [0.2, 0.25) is 0 Å². The smallest absolute Gasteiger partial charge is 0.291 e. The number of rotatable bonds is 2. The molecular weight excluding hydrogens is 315 g/mol. The summed E-state index contributed by atoms with van der Waals surface area (Å²) in [6.45, 7) is 0. The molecule has 0 aliphatic rings. The molecule has 0 saturated heterocycles. The maximum absolute atomic E-state index is 11.8. The van der Waals surface area contributed by atoms with E-state index in [0.717, 1.165) is 16.8 Å². The first-order valence-electron chi connectivity index (χ1n) is 4.80. The predicted molar refractivity (Wildman–Crippen MR) is 67.8 cm³/mol. The first-order chi connectivity index (χ1) is 8.80. The molecule has 2 rings (SSSR count). The lowest BCUT2D eigenvalue weighted by molar-refractivity contribution is 0.463. The molecule has 1 aromatic carbocycles. The van der Waals surface area contributed by atoms with E-state index in [1.54, 1.807) is 0 Å². The van der Waals surface area contributed by atoms with Crippen molar-refractivity contribution in [2.24, 2.45) is 0 Å². The zero-order valence-electron chi connectivity index (χ0n) is 9.08. The molecule has 19 heavy (non-hydrogen) atoms. The van der Waals surface area contributed by atoms with Gasteiger partial charge in [-0.15, -0.1) is 0 Å². The molecule has 0 spiro atoms. The van der Waals surface area contributed by atoms with Crippen molar-refractivity contribution < 1.29 is 13.0 Å². The first-order valence-corrected chi connectivity index (χ1v) is 6.97. The van der Waals surface area contributed by atoms with E-state index >= 15 is 0 Å². The van der Waals surface area contributed by atoms with Gasteiger partial charge in [-0.25, -0.2) is 8.42 Å². The van der Waals surface area contributed by atoms with Gasteiger partial charge in [-0.05, 0) is 24.3 Å². The summed E-state index contributed by atoms with van der Waals surface area (Å²) in [4.78, 5) is 11.4. The normalized spacial score (nSPS) is 11.5. The van der Waals surface area contributed by atoms with Crippen LogP contribution in [0.3, 0.4) is 0 Å². The Morgan fingerprint density at radius 2 is 1.74 bits per heavy atom. The fourth-order valence-electron chi connectivity index (χ4n) is 1.35. The van der Waals surface area contributed by atoms with Crippen molar-refractivity contribution in [3.05, 3.63) is 50.9 Å². The van der Waals surface area contributed by atoms with Crippen LogP contribution in [0.25, 0.3) is 5.69 Å². The summed E-state index contributed by atoms with van der Waals surface area (Å²) in [6, 6.07) is 4.69. The minimum Gasteiger partial charge on any atom is -0.744 e. The third-order valence-electron chi connectivity index (χ3n) is 2.25. The molecule has 1 aromatic heterocycles. The average Bonchev–Trinajstić information content (AvgIpc) is 2.35. The highest BCUT2D eigenvalue weighted by Crippen LogP contribution is 2.17. The van der Waals surface area contributed by atoms with Crippen LogP contribution in [0.2, 0.25) is 10.0 Å². The number of hydrogen-bond acceptors (Lipinski definition) is 5. The molecule has 1 heterocycles. The van der Waals surface area contributed by atoms with Crippen LogP contribution in [-0.2, 0) is 10.1 Å². The fourth-order valence-corrected chi connectivity index (χ4v) is 2.07. The molecular formula is C10H5Cl2N2O4S-. The predicted octanol–water partition coefficient (Wildman–Crippen LogP) is 1.44. The van der Waals surface area contributed by atoms with Crippen molar-refractivity contribution in [1.29, 1.82) is 0 Å². The summed E-state index contributed by atoms with van der Waals surface area (Å²) >= 11 is 11.3. The molecule has 0 aliphatic heterocycles. The topological polar surface area (TPSA) is 92.1 Å². The number of aromatic nitrogens is 2. The van der Waals surface area contributed by atoms with Gasteiger partial charge in [0.25, 0.3) is 5.56 Å². The monoisotopic (exact) mass is 319 g/mol. The maximum Gasteiger partial charge on any atom is 0.291 e. The average molecular weight is 320 g/mol. The zero-order valence-corrected chi connectivity index (χ0v) is 11.4. The Hall–Kier alpha value is -1.41. The molecule has 0 saturated carbocycles. The Balaban J connectivity index is 2.56. The lowest BCUT2D eigenvalue weighted by atomic mass is 10.3. The minimum absolute atomic E-state index is 0.0154. The third kappa shape index (κ3) is 2.79. The van der Waals surface area contributed by atoms with Gasteiger partial charge in [0, 0.05) is 0 Å². The van der Waals surface area contributed by atoms with Crippen molar-refractivity contribution in [2.75, 3.05) is 0 Å². The summed E-state index contributed by atoms with van der Waals surface area (Å²) in [5.74, 6) is 0. The Morgan fingerprint density at radius 3 is 2.26 bits per heavy atom. The Morgan fingerprint density at radius 1 is 1.16 bits per heavy atom. The summed E-state index contributed by atoms with van der Waals surface area (Å²) < 4.78 is 33.2. The van der Waals surface area contributed by atoms with Crippen LogP contribution in [0.4, 0.5) is 0 Å². The molecule has 100 valence electrons. The van der Waals surface area contributed by atoms with Crippen molar-refractivity contribution in [2.45, 2.75) is 4.90 Å². The molecule has 2 aromatic rings. The second-order valence-corrected chi connectivity index (χ2v) is 5.64. The molecule has 0 radical (unpaired) electrons. The van der Waals surface area contributed by atoms with E-state index in [-0.39, 0.29) is 15.7 Å². The highest BCUT2D eigenvalue weighted by atomic mass is 35.5. The maximum atomic E-state index is 11.8. The Kier molecular flexibility index (Phi) is 3.64. The van der Waals surface area contributed by atoms with Crippen LogP contribution in [0.5, 0.6) is 0 Å². The number of benzene rings is 1. The van der Waals surface area contributed by atoms with E-state index in [2.05, 4.69) is 5.10 Å². The number of nitrogens with zero attached hydrogens (tertiary/aromatic N) is 2. The molecule has 0 unspecified atom stereocenters. The van der Waals surface area contributed by atoms with Gasteiger partial charge in [0.05, 0.1) is 21.8 Å². The van der Waals surface area contributed by atoms with E-state index in [0.29, 0.717) is 0 Å². The Labute approximate surface area is 118 Å². The molecule has 0 aliphatic carbocycles. The molecule has 0 amide bonds. The van der Waals surface area contributed by atoms with Gasteiger partial charge >= 0.3 is 0 Å². The molecule has 6 nitrogen and oxygen atoms in total. The van der Waals surface area contributed by atoms with Crippen LogP contribution in [0, 0.1) is 0 Å². The highest BCUT2D eigenvalue weighted by Gasteiger charge is 2.09. The van der Waals surface area contributed by atoms with Crippen LogP contribution < -0.4 is 5.56 Å². The Bertz CT molecular complexity index is 784. The molecule has 0 atom stereocenters. The molecule has 0 fully saturated rings. The summed E-state index contributed by atoms with van der Waals surface area (Å²) in [5, 5.41) is 3.58. The quantitative estimate of drug-likeness (QED) is 0.781. The second-order valence-electron chi connectivity index (χ2n) is 3.47. The van der Waals surface area contributed by atoms with Crippen LogP contribution in [0.1, 0.15) is 0 Å². The SMILES string of the molecule is O=c1c(Cl)c(Cl)cnn1-c1ccc(S(=O)(=O)[O-])cc1. The third-order valence-corrected chi connectivity index (χ3v) is 3.84. The van der Waals surface area contributed by atoms with Gasteiger partial charge in [-0.1, -0.05) is 23.2 Å². The largest absolute Gasteiger partial charge is 0.744 e. The van der Waals surface area contributed by atoms with Gasteiger partial charge < -0.3 is 4.55 Å². The van der Waals surface area contributed by atoms with E-state index in [4.69, 9.17) is 23.2 Å². The first kappa shape index (κ1) is 14.0. The van der Waals surface area contributed by atoms with Gasteiger partial charge in [0.15, 0.2) is 0 Å². The van der Waals surface area contributed by atoms with E-state index in [9.17, 15) is 17.8 Å². The van der Waals surface area contributed by atoms with Crippen LogP contribution in [-0.4, -0.2) is 22.8 Å². The van der Waals surface area contributed by atoms with E-state index in [1.165, 1.54) is 18.3 Å². The van der Waals surface area contributed by atoms with Crippen molar-refractivity contribution in [3.8, 4) is 5.69 Å². The standard InChI is InChI=1S/C10H6Cl2N2O4S/c11-8-5-13-14(10(15)9(8)12)6-1-3-7(4-2-6)19(16,17)18/h1-5H,(H,16,17,18)/p-1. The van der Waals surface area contributed by atoms with Gasteiger partial charge in [-0.2, -0.15) is 9.78 Å². The van der Waals surface area contributed by atoms with Crippen molar-refractivity contribution >= 4 is 33.3 Å². The fraction of sp³-hybridized carbons (Fsp3) is 0. The molecule has 9 heteroatoms. The molecule has 0 N–H and O–H groups in total. The highest BCUT2D eigenvalue weighted by molar-refractivity contribution is 7.85.